The minimum Gasteiger partial charge on any atom is -0.299 e. The summed E-state index contributed by atoms with van der Waals surface area (Å²) in [7, 11) is 0. The minimum atomic E-state index is -0.347. The SMILES string of the molecule is CCCn1ccn(C(C)C(=O)CC)c1=O. The average molecular weight is 210 g/mol. The molecule has 0 aliphatic carbocycles. The molecule has 0 saturated carbocycles. The predicted octanol–water partition coefficient (Wildman–Crippen LogP) is 1.60. The van der Waals surface area contributed by atoms with Gasteiger partial charge in [-0.15, -0.1) is 0 Å². The lowest BCUT2D eigenvalue weighted by Gasteiger charge is -2.09. The molecule has 0 aliphatic heterocycles. The Morgan fingerprint density at radius 1 is 1.40 bits per heavy atom. The number of Topliss-reactive ketones (excluding diaryl/α,β-unsaturated/α-hetero) is 1. The molecule has 0 radical (unpaired) electrons. The van der Waals surface area contributed by atoms with Crippen LogP contribution in [0.2, 0.25) is 0 Å². The van der Waals surface area contributed by atoms with E-state index in [0.29, 0.717) is 13.0 Å². The number of imidazole rings is 1. The molecule has 4 nitrogen and oxygen atoms in total. The molecule has 0 saturated heterocycles. The van der Waals surface area contributed by atoms with Gasteiger partial charge in [0.2, 0.25) is 0 Å². The molecular formula is C11H18N2O2. The third-order valence-corrected chi connectivity index (χ3v) is 2.57. The van der Waals surface area contributed by atoms with Crippen molar-refractivity contribution in [3.05, 3.63) is 22.9 Å². The summed E-state index contributed by atoms with van der Waals surface area (Å²) >= 11 is 0. The molecule has 15 heavy (non-hydrogen) atoms. The van der Waals surface area contributed by atoms with Gasteiger partial charge in [-0.1, -0.05) is 13.8 Å². The Balaban J connectivity index is 2.96. The van der Waals surface area contributed by atoms with Crippen LogP contribution >= 0.6 is 0 Å². The second kappa shape index (κ2) is 4.96. The lowest BCUT2D eigenvalue weighted by atomic mass is 10.2. The molecule has 1 aromatic rings. The fraction of sp³-hybridized carbons (Fsp3) is 0.636. The number of ketones is 1. The van der Waals surface area contributed by atoms with Crippen LogP contribution in [-0.4, -0.2) is 14.9 Å². The van der Waals surface area contributed by atoms with E-state index in [2.05, 4.69) is 0 Å². The largest absolute Gasteiger partial charge is 0.328 e. The van der Waals surface area contributed by atoms with Crippen molar-refractivity contribution in [2.75, 3.05) is 0 Å². The first-order chi connectivity index (χ1) is 7.11. The molecule has 84 valence electrons. The summed E-state index contributed by atoms with van der Waals surface area (Å²) in [6.07, 6.45) is 4.81. The second-order valence-electron chi connectivity index (χ2n) is 3.68. The van der Waals surface area contributed by atoms with Gasteiger partial charge in [-0.2, -0.15) is 0 Å². The van der Waals surface area contributed by atoms with E-state index < -0.39 is 0 Å². The Morgan fingerprint density at radius 2 is 2.07 bits per heavy atom. The molecule has 1 aromatic heterocycles. The van der Waals surface area contributed by atoms with E-state index in [-0.39, 0.29) is 17.5 Å². The standard InChI is InChI=1S/C11H18N2O2/c1-4-6-12-7-8-13(11(12)15)9(3)10(14)5-2/h7-9H,4-6H2,1-3H3. The van der Waals surface area contributed by atoms with Crippen LogP contribution in [-0.2, 0) is 11.3 Å². The topological polar surface area (TPSA) is 44.0 Å². The maximum atomic E-state index is 11.8. The first-order valence-electron chi connectivity index (χ1n) is 5.41. The Kier molecular flexibility index (Phi) is 3.88. The average Bonchev–Trinajstić information content (AvgIpc) is 2.59. The van der Waals surface area contributed by atoms with E-state index in [0.717, 1.165) is 6.42 Å². The Labute approximate surface area is 89.5 Å². The highest BCUT2D eigenvalue weighted by Gasteiger charge is 2.15. The van der Waals surface area contributed by atoms with Crippen LogP contribution < -0.4 is 5.69 Å². The van der Waals surface area contributed by atoms with Crippen LogP contribution in [0.3, 0.4) is 0 Å². The maximum absolute atomic E-state index is 11.8. The molecule has 4 heteroatoms. The number of carbonyl (C=O) groups is 1. The quantitative estimate of drug-likeness (QED) is 0.741. The predicted molar refractivity (Wildman–Crippen MR) is 59.0 cm³/mol. The highest BCUT2D eigenvalue weighted by Crippen LogP contribution is 2.06. The monoisotopic (exact) mass is 210 g/mol. The van der Waals surface area contributed by atoms with Crippen LogP contribution in [0.1, 0.15) is 39.7 Å². The number of aromatic nitrogens is 2. The zero-order valence-corrected chi connectivity index (χ0v) is 9.56. The van der Waals surface area contributed by atoms with E-state index in [9.17, 15) is 9.59 Å². The highest BCUT2D eigenvalue weighted by molar-refractivity contribution is 5.81. The Hall–Kier alpha value is -1.32. The highest BCUT2D eigenvalue weighted by atomic mass is 16.2. The van der Waals surface area contributed by atoms with Crippen molar-refractivity contribution in [2.24, 2.45) is 0 Å². The first kappa shape index (κ1) is 11.8. The number of nitrogens with zero attached hydrogens (tertiary/aromatic N) is 2. The summed E-state index contributed by atoms with van der Waals surface area (Å²) in [6, 6.07) is -0.347. The van der Waals surface area contributed by atoms with E-state index >= 15 is 0 Å². The van der Waals surface area contributed by atoms with E-state index in [1.807, 2.05) is 13.8 Å². The smallest absolute Gasteiger partial charge is 0.299 e. The molecule has 0 fully saturated rings. The van der Waals surface area contributed by atoms with Gasteiger partial charge in [0.15, 0.2) is 5.78 Å². The summed E-state index contributed by atoms with van der Waals surface area (Å²) in [5.41, 5.74) is -0.0915. The molecular weight excluding hydrogens is 192 g/mol. The van der Waals surface area contributed by atoms with Gasteiger partial charge >= 0.3 is 5.69 Å². The van der Waals surface area contributed by atoms with Crippen molar-refractivity contribution >= 4 is 5.78 Å². The van der Waals surface area contributed by atoms with Gasteiger partial charge in [-0.05, 0) is 13.3 Å². The molecule has 0 aliphatic rings. The summed E-state index contributed by atoms with van der Waals surface area (Å²) < 4.78 is 3.14. The van der Waals surface area contributed by atoms with E-state index in [1.54, 1.807) is 23.9 Å². The van der Waals surface area contributed by atoms with E-state index in [1.165, 1.54) is 4.57 Å². The van der Waals surface area contributed by atoms with Gasteiger partial charge in [-0.3, -0.25) is 13.9 Å². The van der Waals surface area contributed by atoms with Crippen molar-refractivity contribution < 1.29 is 4.79 Å². The van der Waals surface area contributed by atoms with Gasteiger partial charge in [-0.25, -0.2) is 4.79 Å². The van der Waals surface area contributed by atoms with Gasteiger partial charge in [0, 0.05) is 25.4 Å². The lowest BCUT2D eigenvalue weighted by Crippen LogP contribution is -2.29. The van der Waals surface area contributed by atoms with Crippen LogP contribution in [0.5, 0.6) is 0 Å². The zero-order chi connectivity index (χ0) is 11.4. The van der Waals surface area contributed by atoms with Gasteiger partial charge < -0.3 is 0 Å². The van der Waals surface area contributed by atoms with Crippen molar-refractivity contribution in [1.82, 2.24) is 9.13 Å². The summed E-state index contributed by atoms with van der Waals surface area (Å²) in [4.78, 5) is 23.3. The molecule has 0 spiro atoms. The third-order valence-electron chi connectivity index (χ3n) is 2.57. The normalized spacial score (nSPS) is 12.7. The summed E-state index contributed by atoms with van der Waals surface area (Å²) in [5.74, 6) is 0.0892. The lowest BCUT2D eigenvalue weighted by molar-refractivity contribution is -0.121. The molecule has 1 rings (SSSR count). The molecule has 1 unspecified atom stereocenters. The second-order valence-corrected chi connectivity index (χ2v) is 3.68. The maximum Gasteiger partial charge on any atom is 0.328 e. The fourth-order valence-corrected chi connectivity index (χ4v) is 1.58. The number of rotatable bonds is 5. The van der Waals surface area contributed by atoms with Gasteiger partial charge in [0.25, 0.3) is 0 Å². The summed E-state index contributed by atoms with van der Waals surface area (Å²) in [6.45, 7) is 6.31. The van der Waals surface area contributed by atoms with Gasteiger partial charge in [0.1, 0.15) is 0 Å². The summed E-state index contributed by atoms with van der Waals surface area (Å²) in [5, 5.41) is 0. The van der Waals surface area contributed by atoms with Crippen LogP contribution in [0.4, 0.5) is 0 Å². The molecule has 0 aromatic carbocycles. The number of aryl methyl sites for hydroxylation is 1. The van der Waals surface area contributed by atoms with Crippen LogP contribution in [0, 0.1) is 0 Å². The minimum absolute atomic E-state index is 0.0892. The van der Waals surface area contributed by atoms with E-state index in [4.69, 9.17) is 0 Å². The Morgan fingerprint density at radius 3 is 2.60 bits per heavy atom. The van der Waals surface area contributed by atoms with Crippen molar-refractivity contribution in [3.8, 4) is 0 Å². The molecule has 0 amide bonds. The zero-order valence-electron chi connectivity index (χ0n) is 9.56. The van der Waals surface area contributed by atoms with Crippen molar-refractivity contribution in [3.63, 3.8) is 0 Å². The molecule has 1 heterocycles. The molecule has 0 N–H and O–H groups in total. The number of carbonyl (C=O) groups excluding carboxylic acids is 1. The molecule has 0 bridgehead atoms. The number of hydrogen-bond acceptors (Lipinski definition) is 2. The first-order valence-corrected chi connectivity index (χ1v) is 5.41. The fourth-order valence-electron chi connectivity index (χ4n) is 1.58. The van der Waals surface area contributed by atoms with Crippen LogP contribution in [0.25, 0.3) is 0 Å². The number of hydrogen-bond donors (Lipinski definition) is 0. The van der Waals surface area contributed by atoms with Crippen molar-refractivity contribution in [1.29, 1.82) is 0 Å². The Bertz CT molecular complexity index is 390. The molecule has 1 atom stereocenters. The van der Waals surface area contributed by atoms with Crippen LogP contribution in [0.15, 0.2) is 17.2 Å². The van der Waals surface area contributed by atoms with Gasteiger partial charge in [0.05, 0.1) is 6.04 Å². The van der Waals surface area contributed by atoms with Crippen molar-refractivity contribution in [2.45, 2.75) is 46.2 Å². The third kappa shape index (κ3) is 2.37.